The highest BCUT2D eigenvalue weighted by atomic mass is 16.5. The van der Waals surface area contributed by atoms with E-state index in [0.29, 0.717) is 13.0 Å². The molecule has 0 radical (unpaired) electrons. The zero-order valence-electron chi connectivity index (χ0n) is 11.1. The smallest absolute Gasteiger partial charge is 0.329 e. The third kappa shape index (κ3) is 4.60. The Bertz CT molecular complexity index is 279. The number of amides is 2. The predicted molar refractivity (Wildman–Crippen MR) is 64.0 cm³/mol. The Balaban J connectivity index is 4.36. The lowest BCUT2D eigenvalue weighted by Gasteiger charge is -2.32. The van der Waals surface area contributed by atoms with Crippen molar-refractivity contribution >= 4 is 12.0 Å². The molecule has 0 aliphatic carbocycles. The Hall–Kier alpha value is -1.30. The molecule has 0 bridgehead atoms. The van der Waals surface area contributed by atoms with Gasteiger partial charge in [-0.15, -0.1) is 0 Å². The maximum absolute atomic E-state index is 11.8. The monoisotopic (exact) mass is 246 g/mol. The first-order valence-corrected chi connectivity index (χ1v) is 5.50. The van der Waals surface area contributed by atoms with Crippen LogP contribution in [0.25, 0.3) is 0 Å². The van der Waals surface area contributed by atoms with Gasteiger partial charge >= 0.3 is 12.0 Å². The van der Waals surface area contributed by atoms with Gasteiger partial charge in [-0.2, -0.15) is 0 Å². The first kappa shape index (κ1) is 15.7. The van der Waals surface area contributed by atoms with Crippen molar-refractivity contribution in [3.8, 4) is 0 Å². The van der Waals surface area contributed by atoms with E-state index < -0.39 is 17.5 Å². The highest BCUT2D eigenvalue weighted by Crippen LogP contribution is 2.12. The van der Waals surface area contributed by atoms with Crippen LogP contribution in [0.2, 0.25) is 0 Å². The molecule has 0 saturated heterocycles. The Morgan fingerprint density at radius 1 is 1.47 bits per heavy atom. The van der Waals surface area contributed by atoms with Gasteiger partial charge in [0.1, 0.15) is 5.54 Å². The van der Waals surface area contributed by atoms with E-state index in [9.17, 15) is 9.59 Å². The highest BCUT2D eigenvalue weighted by Gasteiger charge is 2.35. The normalized spacial score (nSPS) is 13.0. The molecule has 0 fully saturated rings. The van der Waals surface area contributed by atoms with Crippen LogP contribution in [-0.4, -0.2) is 54.4 Å². The van der Waals surface area contributed by atoms with E-state index in [2.05, 4.69) is 5.32 Å². The van der Waals surface area contributed by atoms with Gasteiger partial charge in [0.15, 0.2) is 0 Å². The number of nitrogens with one attached hydrogen (secondary N) is 1. The van der Waals surface area contributed by atoms with Crippen LogP contribution in [-0.2, 0) is 9.53 Å². The van der Waals surface area contributed by atoms with E-state index in [1.165, 1.54) is 25.8 Å². The summed E-state index contributed by atoms with van der Waals surface area (Å²) in [4.78, 5) is 23.9. The van der Waals surface area contributed by atoms with E-state index in [0.717, 1.165) is 0 Å². The molecule has 0 aromatic carbocycles. The molecule has 100 valence electrons. The summed E-state index contributed by atoms with van der Waals surface area (Å²) >= 11 is 0. The highest BCUT2D eigenvalue weighted by molar-refractivity contribution is 5.85. The quantitative estimate of drug-likeness (QED) is 0.730. The van der Waals surface area contributed by atoms with E-state index in [4.69, 9.17) is 9.84 Å². The Labute approximate surface area is 102 Å². The number of hydrogen-bond donors (Lipinski definition) is 2. The molecule has 0 saturated carbocycles. The van der Waals surface area contributed by atoms with Crippen LogP contribution in [0.5, 0.6) is 0 Å². The van der Waals surface area contributed by atoms with Gasteiger partial charge in [-0.05, 0) is 27.2 Å². The van der Waals surface area contributed by atoms with Crippen LogP contribution in [0.1, 0.15) is 27.2 Å². The zero-order chi connectivity index (χ0) is 13.6. The summed E-state index contributed by atoms with van der Waals surface area (Å²) in [5.74, 6) is -1.04. The van der Waals surface area contributed by atoms with Gasteiger partial charge in [-0.3, -0.25) is 0 Å². The van der Waals surface area contributed by atoms with Crippen molar-refractivity contribution in [2.75, 3.05) is 20.8 Å². The minimum Gasteiger partial charge on any atom is -0.480 e. The van der Waals surface area contributed by atoms with Gasteiger partial charge in [-0.25, -0.2) is 9.59 Å². The van der Waals surface area contributed by atoms with E-state index in [1.807, 2.05) is 6.92 Å². The van der Waals surface area contributed by atoms with Crippen LogP contribution in [0, 0.1) is 0 Å². The summed E-state index contributed by atoms with van der Waals surface area (Å²) in [6.07, 6.45) is 0.684. The average molecular weight is 246 g/mol. The third-order valence-electron chi connectivity index (χ3n) is 2.79. The van der Waals surface area contributed by atoms with E-state index in [1.54, 1.807) is 7.11 Å². The average Bonchev–Trinajstić information content (AvgIpc) is 2.24. The molecule has 0 rings (SSSR count). The number of carbonyl (C=O) groups is 2. The van der Waals surface area contributed by atoms with Crippen molar-refractivity contribution in [1.82, 2.24) is 10.2 Å². The number of aliphatic carboxylic acids is 1. The lowest BCUT2D eigenvalue weighted by Crippen LogP contribution is -2.55. The molecular formula is C11H22N2O4. The van der Waals surface area contributed by atoms with Crippen LogP contribution < -0.4 is 5.32 Å². The second-order valence-electron chi connectivity index (χ2n) is 4.56. The number of carboxylic acids is 1. The summed E-state index contributed by atoms with van der Waals surface area (Å²) in [7, 11) is 3.06. The van der Waals surface area contributed by atoms with Crippen molar-refractivity contribution in [3.05, 3.63) is 0 Å². The molecule has 2 N–H and O–H groups in total. The standard InChI is InChI=1S/C11H22N2O4/c1-8(6-7-17-5)12-10(16)13(4)11(2,3)9(14)15/h8H,6-7H2,1-5H3,(H,12,16)(H,14,15). The lowest BCUT2D eigenvalue weighted by molar-refractivity contribution is -0.146. The molecule has 0 aromatic heterocycles. The molecule has 0 spiro atoms. The second kappa shape index (κ2) is 6.44. The Kier molecular flexibility index (Phi) is 5.95. The third-order valence-corrected chi connectivity index (χ3v) is 2.79. The first-order chi connectivity index (χ1) is 7.73. The van der Waals surface area contributed by atoms with Crippen molar-refractivity contribution in [2.24, 2.45) is 0 Å². The van der Waals surface area contributed by atoms with Crippen molar-refractivity contribution < 1.29 is 19.4 Å². The topological polar surface area (TPSA) is 78.9 Å². The minimum atomic E-state index is -1.23. The maximum atomic E-state index is 11.8. The first-order valence-electron chi connectivity index (χ1n) is 5.50. The fraction of sp³-hybridized carbons (Fsp3) is 0.818. The number of methoxy groups -OCH3 is 1. The summed E-state index contributed by atoms with van der Waals surface area (Å²) in [5, 5.41) is 11.7. The number of nitrogens with zero attached hydrogens (tertiary/aromatic N) is 1. The number of ether oxygens (including phenoxy) is 1. The van der Waals surface area contributed by atoms with Crippen LogP contribution in [0.15, 0.2) is 0 Å². The molecular weight excluding hydrogens is 224 g/mol. The molecule has 6 heteroatoms. The molecule has 0 aromatic rings. The number of hydrogen-bond acceptors (Lipinski definition) is 3. The molecule has 0 heterocycles. The number of carboxylic acid groups (broad SMARTS) is 1. The number of carbonyl (C=O) groups excluding carboxylic acids is 1. The maximum Gasteiger partial charge on any atom is 0.329 e. The van der Waals surface area contributed by atoms with Gasteiger partial charge < -0.3 is 20.1 Å². The van der Waals surface area contributed by atoms with E-state index in [-0.39, 0.29) is 6.04 Å². The van der Waals surface area contributed by atoms with Gasteiger partial charge in [0.05, 0.1) is 0 Å². The molecule has 17 heavy (non-hydrogen) atoms. The second-order valence-corrected chi connectivity index (χ2v) is 4.56. The van der Waals surface area contributed by atoms with Crippen molar-refractivity contribution in [1.29, 1.82) is 0 Å². The fourth-order valence-electron chi connectivity index (χ4n) is 1.07. The summed E-state index contributed by atoms with van der Waals surface area (Å²) in [5.41, 5.74) is -1.23. The van der Waals surface area contributed by atoms with Crippen LogP contribution in [0.3, 0.4) is 0 Å². The largest absolute Gasteiger partial charge is 0.480 e. The molecule has 1 atom stereocenters. The van der Waals surface area contributed by atoms with Gasteiger partial charge in [0.25, 0.3) is 0 Å². The molecule has 1 unspecified atom stereocenters. The fourth-order valence-corrected chi connectivity index (χ4v) is 1.07. The number of rotatable bonds is 6. The zero-order valence-corrected chi connectivity index (χ0v) is 11.1. The molecule has 6 nitrogen and oxygen atoms in total. The number of urea groups is 1. The Morgan fingerprint density at radius 3 is 2.41 bits per heavy atom. The van der Waals surface area contributed by atoms with Crippen molar-refractivity contribution in [3.63, 3.8) is 0 Å². The lowest BCUT2D eigenvalue weighted by atomic mass is 10.0. The van der Waals surface area contributed by atoms with Crippen molar-refractivity contribution in [2.45, 2.75) is 38.8 Å². The van der Waals surface area contributed by atoms with Gasteiger partial charge in [0.2, 0.25) is 0 Å². The van der Waals surface area contributed by atoms with Crippen LogP contribution in [0.4, 0.5) is 4.79 Å². The molecule has 0 aliphatic heterocycles. The Morgan fingerprint density at radius 2 is 2.00 bits per heavy atom. The summed E-state index contributed by atoms with van der Waals surface area (Å²) in [6.45, 7) is 5.36. The summed E-state index contributed by atoms with van der Waals surface area (Å²) in [6, 6.07) is -0.463. The minimum absolute atomic E-state index is 0.0607. The van der Waals surface area contributed by atoms with Gasteiger partial charge in [0, 0.05) is 26.8 Å². The molecule has 2 amide bonds. The SMILES string of the molecule is COCCC(C)NC(=O)N(C)C(C)(C)C(=O)O. The van der Waals surface area contributed by atoms with Gasteiger partial charge in [-0.1, -0.05) is 0 Å². The van der Waals surface area contributed by atoms with E-state index >= 15 is 0 Å². The predicted octanol–water partition coefficient (Wildman–Crippen LogP) is 0.916. The van der Waals surface area contributed by atoms with Crippen LogP contribution >= 0.6 is 0 Å². The number of likely N-dealkylation sites (N-methyl/N-ethyl adjacent to an activating group) is 1. The molecule has 0 aliphatic rings. The summed E-state index contributed by atoms with van der Waals surface area (Å²) < 4.78 is 4.90.